The maximum Gasteiger partial charge on any atom is 0.419 e. The van der Waals surface area contributed by atoms with Crippen molar-refractivity contribution in [1.82, 2.24) is 14.6 Å². The fourth-order valence-electron chi connectivity index (χ4n) is 3.58. The van der Waals surface area contributed by atoms with Gasteiger partial charge in [-0.1, -0.05) is 11.6 Å². The molecule has 1 saturated heterocycles. The molecule has 0 aliphatic carbocycles. The molecule has 1 fully saturated rings. The van der Waals surface area contributed by atoms with Crippen molar-refractivity contribution in [3.63, 3.8) is 0 Å². The molecule has 1 aliphatic rings. The summed E-state index contributed by atoms with van der Waals surface area (Å²) >= 11 is 5.77. The largest absolute Gasteiger partial charge is 0.493 e. The number of aromatic nitrogens is 2. The molecule has 182 valence electrons. The summed E-state index contributed by atoms with van der Waals surface area (Å²) in [6.45, 7) is 3.54. The SMILES string of the molecule is On1cnc(=Nc2ccc(F)c(Cl)c2)c2cc(C(F)(F)F)c(OCCCN3CCOCC3)cc21. The van der Waals surface area contributed by atoms with E-state index in [1.54, 1.807) is 0 Å². The topological polar surface area (TPSA) is 72.1 Å². The summed E-state index contributed by atoms with van der Waals surface area (Å²) in [4.78, 5) is 10.3. The van der Waals surface area contributed by atoms with E-state index in [2.05, 4.69) is 14.9 Å². The summed E-state index contributed by atoms with van der Waals surface area (Å²) < 4.78 is 66.3. The van der Waals surface area contributed by atoms with Gasteiger partial charge in [0, 0.05) is 31.1 Å². The fraction of sp³-hybridized carbons (Fsp3) is 0.364. The molecule has 0 unspecified atom stereocenters. The Morgan fingerprint density at radius 2 is 1.94 bits per heavy atom. The molecule has 3 aromatic rings. The van der Waals surface area contributed by atoms with Crippen LogP contribution in [-0.2, 0) is 10.9 Å². The second kappa shape index (κ2) is 10.2. The number of fused-ring (bicyclic) bond motifs is 1. The van der Waals surface area contributed by atoms with E-state index in [0.29, 0.717) is 30.9 Å². The third-order valence-electron chi connectivity index (χ3n) is 5.30. The van der Waals surface area contributed by atoms with Crippen LogP contribution in [0.15, 0.2) is 41.7 Å². The van der Waals surface area contributed by atoms with Crippen LogP contribution in [-0.4, -0.2) is 59.3 Å². The van der Waals surface area contributed by atoms with Gasteiger partial charge in [-0.25, -0.2) is 14.4 Å². The second-order valence-corrected chi connectivity index (χ2v) is 8.05. The molecule has 0 amide bonds. The molecule has 1 N–H and O–H groups in total. The summed E-state index contributed by atoms with van der Waals surface area (Å²) in [5, 5.41) is 9.93. The summed E-state index contributed by atoms with van der Waals surface area (Å²) in [5.41, 5.74) is -0.925. The van der Waals surface area contributed by atoms with Crippen molar-refractivity contribution >= 4 is 28.2 Å². The third kappa shape index (κ3) is 5.60. The van der Waals surface area contributed by atoms with Crippen molar-refractivity contribution in [1.29, 1.82) is 0 Å². The maximum atomic E-state index is 13.9. The van der Waals surface area contributed by atoms with Crippen LogP contribution in [0.4, 0.5) is 23.2 Å². The van der Waals surface area contributed by atoms with E-state index in [4.69, 9.17) is 21.1 Å². The van der Waals surface area contributed by atoms with Gasteiger partial charge in [0.05, 0.1) is 41.6 Å². The number of hydrogen-bond acceptors (Lipinski definition) is 6. The molecule has 0 spiro atoms. The van der Waals surface area contributed by atoms with Gasteiger partial charge < -0.3 is 14.7 Å². The van der Waals surface area contributed by atoms with E-state index in [9.17, 15) is 22.8 Å². The van der Waals surface area contributed by atoms with Crippen molar-refractivity contribution in [2.45, 2.75) is 12.6 Å². The van der Waals surface area contributed by atoms with Gasteiger partial charge in [-0.05, 0) is 30.7 Å². The average molecular weight is 501 g/mol. The van der Waals surface area contributed by atoms with Crippen molar-refractivity contribution < 1.29 is 32.2 Å². The highest BCUT2D eigenvalue weighted by Gasteiger charge is 2.35. The minimum Gasteiger partial charge on any atom is -0.493 e. The van der Waals surface area contributed by atoms with Crippen LogP contribution < -0.4 is 10.2 Å². The lowest BCUT2D eigenvalue weighted by Gasteiger charge is -2.26. The Morgan fingerprint density at radius 1 is 1.18 bits per heavy atom. The number of halogens is 5. The van der Waals surface area contributed by atoms with Gasteiger partial charge in [0.15, 0.2) is 5.49 Å². The van der Waals surface area contributed by atoms with Crippen LogP contribution >= 0.6 is 11.6 Å². The zero-order valence-corrected chi connectivity index (χ0v) is 18.6. The van der Waals surface area contributed by atoms with Crippen molar-refractivity contribution in [3.8, 4) is 5.75 Å². The van der Waals surface area contributed by atoms with Crippen LogP contribution in [0.3, 0.4) is 0 Å². The Kier molecular flexibility index (Phi) is 7.24. The number of hydrogen-bond donors (Lipinski definition) is 1. The Labute approximate surface area is 196 Å². The number of morpholine rings is 1. The number of ether oxygens (including phenoxy) is 2. The lowest BCUT2D eigenvalue weighted by Crippen LogP contribution is -2.37. The highest BCUT2D eigenvalue weighted by molar-refractivity contribution is 6.31. The number of alkyl halides is 3. The highest BCUT2D eigenvalue weighted by Crippen LogP contribution is 2.38. The van der Waals surface area contributed by atoms with Gasteiger partial charge in [-0.15, -0.1) is 0 Å². The first kappa shape index (κ1) is 24.2. The summed E-state index contributed by atoms with van der Waals surface area (Å²) in [5.74, 6) is -1.07. The molecule has 0 saturated carbocycles. The highest BCUT2D eigenvalue weighted by atomic mass is 35.5. The van der Waals surface area contributed by atoms with E-state index in [-0.39, 0.29) is 33.7 Å². The molecule has 12 heteroatoms. The normalized spacial score (nSPS) is 15.7. The van der Waals surface area contributed by atoms with Crippen molar-refractivity contribution in [3.05, 3.63) is 58.6 Å². The van der Waals surface area contributed by atoms with E-state index >= 15 is 0 Å². The molecule has 4 rings (SSSR count). The Balaban J connectivity index is 1.67. The van der Waals surface area contributed by atoms with E-state index in [1.807, 2.05) is 0 Å². The molecule has 1 aromatic heterocycles. The molecule has 34 heavy (non-hydrogen) atoms. The number of benzene rings is 2. The van der Waals surface area contributed by atoms with E-state index in [1.165, 1.54) is 12.1 Å². The monoisotopic (exact) mass is 500 g/mol. The molecule has 7 nitrogen and oxygen atoms in total. The lowest BCUT2D eigenvalue weighted by molar-refractivity contribution is -0.138. The molecule has 2 heterocycles. The smallest absolute Gasteiger partial charge is 0.419 e. The predicted molar refractivity (Wildman–Crippen MR) is 116 cm³/mol. The summed E-state index contributed by atoms with van der Waals surface area (Å²) in [6.07, 6.45) is -3.20. The van der Waals surface area contributed by atoms with Gasteiger partial charge >= 0.3 is 6.18 Å². The quantitative estimate of drug-likeness (QED) is 0.308. The van der Waals surface area contributed by atoms with Crippen molar-refractivity contribution in [2.75, 3.05) is 39.5 Å². The minimum absolute atomic E-state index is 0.0122. The molecule has 2 aromatic carbocycles. The van der Waals surface area contributed by atoms with Crippen LogP contribution in [0.25, 0.3) is 10.9 Å². The number of nitrogens with zero attached hydrogens (tertiary/aromatic N) is 4. The summed E-state index contributed by atoms with van der Waals surface area (Å²) in [6, 6.07) is 5.55. The molecule has 0 radical (unpaired) electrons. The third-order valence-corrected chi connectivity index (χ3v) is 5.59. The molecule has 1 aliphatic heterocycles. The first-order chi connectivity index (χ1) is 16.2. The molecular weight excluding hydrogens is 480 g/mol. The van der Waals surface area contributed by atoms with Gasteiger partial charge in [0.2, 0.25) is 0 Å². The number of rotatable bonds is 6. The standard InChI is InChI=1S/C22H21ClF4N4O3/c23-17-10-14(2-3-18(17)24)29-21-15-11-16(22(25,26)27)20(12-19(15)31(32)13-28-21)34-7-1-4-30-5-8-33-9-6-30/h2-3,10-13,32H,1,4-9H2. The fourth-order valence-corrected chi connectivity index (χ4v) is 3.76. The predicted octanol–water partition coefficient (Wildman–Crippen LogP) is 4.42. The zero-order valence-electron chi connectivity index (χ0n) is 17.9. The second-order valence-electron chi connectivity index (χ2n) is 7.64. The van der Waals surface area contributed by atoms with Crippen molar-refractivity contribution in [2.24, 2.45) is 4.99 Å². The Bertz CT molecular complexity index is 1240. The van der Waals surface area contributed by atoms with Gasteiger partial charge in [0.1, 0.15) is 17.9 Å². The molecule has 0 bridgehead atoms. The van der Waals surface area contributed by atoms with E-state index in [0.717, 1.165) is 37.6 Å². The van der Waals surface area contributed by atoms with Crippen LogP contribution in [0.5, 0.6) is 5.75 Å². The maximum absolute atomic E-state index is 13.9. The average Bonchev–Trinajstić information content (AvgIpc) is 2.81. The minimum atomic E-state index is -4.72. The first-order valence-corrected chi connectivity index (χ1v) is 10.8. The van der Waals surface area contributed by atoms with Gasteiger partial charge in [0.25, 0.3) is 0 Å². The van der Waals surface area contributed by atoms with E-state index < -0.39 is 23.3 Å². The van der Waals surface area contributed by atoms with Gasteiger partial charge in [-0.3, -0.25) is 4.90 Å². The first-order valence-electron chi connectivity index (χ1n) is 10.5. The Hall–Kier alpha value is -2.89. The van der Waals surface area contributed by atoms with Gasteiger partial charge in [-0.2, -0.15) is 17.9 Å². The zero-order chi connectivity index (χ0) is 24.3. The molecule has 0 atom stereocenters. The van der Waals surface area contributed by atoms with Crippen LogP contribution in [0.2, 0.25) is 5.02 Å². The van der Waals surface area contributed by atoms with Crippen LogP contribution in [0, 0.1) is 5.82 Å². The summed E-state index contributed by atoms with van der Waals surface area (Å²) in [7, 11) is 0. The Morgan fingerprint density at radius 3 is 2.65 bits per heavy atom. The van der Waals surface area contributed by atoms with Crippen LogP contribution in [0.1, 0.15) is 12.0 Å². The molecular formula is C22H21ClF4N4O3. The lowest BCUT2D eigenvalue weighted by atomic mass is 10.1.